The second-order valence-corrected chi connectivity index (χ2v) is 4.91. The van der Waals surface area contributed by atoms with Gasteiger partial charge in [-0.2, -0.15) is 4.98 Å². The fraction of sp³-hybridized carbons (Fsp3) is 0.583. The molecule has 2 heterocycles. The average Bonchev–Trinajstić information content (AvgIpc) is 2.45. The van der Waals surface area contributed by atoms with Gasteiger partial charge in [0, 0.05) is 6.54 Å². The van der Waals surface area contributed by atoms with E-state index in [2.05, 4.69) is 9.97 Å². The Labute approximate surface area is 120 Å². The van der Waals surface area contributed by atoms with E-state index in [0.29, 0.717) is 6.54 Å². The number of carbonyl (C=O) groups is 1. The zero-order valence-corrected chi connectivity index (χ0v) is 11.7. The van der Waals surface area contributed by atoms with Crippen LogP contribution in [0.5, 0.6) is 5.88 Å². The molecule has 1 aromatic rings. The van der Waals surface area contributed by atoms with Crippen LogP contribution in [0.2, 0.25) is 0 Å². The van der Waals surface area contributed by atoms with Crippen LogP contribution >= 0.6 is 0 Å². The molecule has 0 radical (unpaired) electrons. The van der Waals surface area contributed by atoms with Crippen molar-refractivity contribution in [1.82, 2.24) is 9.97 Å². The zero-order chi connectivity index (χ0) is 15.6. The van der Waals surface area contributed by atoms with E-state index in [-0.39, 0.29) is 17.6 Å². The van der Waals surface area contributed by atoms with Gasteiger partial charge >= 0.3 is 11.7 Å². The molecule has 9 nitrogen and oxygen atoms in total. The van der Waals surface area contributed by atoms with Crippen molar-refractivity contribution < 1.29 is 19.6 Å². The molecule has 0 amide bonds. The molecule has 0 bridgehead atoms. The second-order valence-electron chi connectivity index (χ2n) is 4.91. The Hall–Kier alpha value is -2.45. The number of nitrogens with zero attached hydrogens (tertiary/aromatic N) is 4. The van der Waals surface area contributed by atoms with E-state index >= 15 is 0 Å². The molecule has 1 saturated heterocycles. The van der Waals surface area contributed by atoms with E-state index in [1.165, 1.54) is 12.0 Å². The summed E-state index contributed by atoms with van der Waals surface area (Å²) in [6.45, 7) is 2.21. The number of anilines is 1. The summed E-state index contributed by atoms with van der Waals surface area (Å²) < 4.78 is 4.89. The highest BCUT2D eigenvalue weighted by Crippen LogP contribution is 2.37. The Morgan fingerprint density at radius 1 is 1.57 bits per heavy atom. The van der Waals surface area contributed by atoms with E-state index in [0.717, 1.165) is 19.2 Å². The average molecular weight is 296 g/mol. The van der Waals surface area contributed by atoms with Crippen molar-refractivity contribution in [3.8, 4) is 5.88 Å². The molecule has 0 aliphatic carbocycles. The molecule has 0 aromatic carbocycles. The highest BCUT2D eigenvalue weighted by molar-refractivity contribution is 5.80. The van der Waals surface area contributed by atoms with Gasteiger partial charge in [0.15, 0.2) is 0 Å². The highest BCUT2D eigenvalue weighted by atomic mass is 16.6. The summed E-state index contributed by atoms with van der Waals surface area (Å²) in [4.78, 5) is 31.2. The van der Waals surface area contributed by atoms with Gasteiger partial charge in [-0.3, -0.25) is 10.1 Å². The van der Waals surface area contributed by atoms with E-state index < -0.39 is 22.6 Å². The maximum Gasteiger partial charge on any atom is 0.372 e. The molecule has 0 spiro atoms. The number of carboxylic acid groups (broad SMARTS) is 1. The van der Waals surface area contributed by atoms with Crippen LogP contribution in [0.25, 0.3) is 0 Å². The zero-order valence-electron chi connectivity index (χ0n) is 11.7. The number of methoxy groups -OCH3 is 1. The number of carboxylic acids is 1. The molecule has 9 heteroatoms. The Kier molecular flexibility index (Phi) is 4.20. The lowest BCUT2D eigenvalue weighted by Gasteiger charge is -2.37. The molecule has 114 valence electrons. The predicted molar refractivity (Wildman–Crippen MR) is 72.4 cm³/mol. The van der Waals surface area contributed by atoms with Gasteiger partial charge in [-0.05, 0) is 18.8 Å². The van der Waals surface area contributed by atoms with Crippen molar-refractivity contribution in [3.05, 3.63) is 16.4 Å². The van der Waals surface area contributed by atoms with Crippen LogP contribution in [0.15, 0.2) is 6.33 Å². The van der Waals surface area contributed by atoms with Crippen LogP contribution in [0.1, 0.15) is 19.8 Å². The first-order valence-corrected chi connectivity index (χ1v) is 6.50. The van der Waals surface area contributed by atoms with Crippen LogP contribution < -0.4 is 9.64 Å². The van der Waals surface area contributed by atoms with Crippen molar-refractivity contribution in [2.24, 2.45) is 5.92 Å². The van der Waals surface area contributed by atoms with Gasteiger partial charge in [-0.15, -0.1) is 0 Å². The fourth-order valence-corrected chi connectivity index (χ4v) is 2.68. The maximum atomic E-state index is 11.5. The molecule has 0 saturated carbocycles. The van der Waals surface area contributed by atoms with E-state index in [1.807, 2.05) is 6.92 Å². The lowest BCUT2D eigenvalue weighted by molar-refractivity contribution is -0.385. The quantitative estimate of drug-likeness (QED) is 0.647. The van der Waals surface area contributed by atoms with E-state index in [1.54, 1.807) is 0 Å². The third-order valence-corrected chi connectivity index (χ3v) is 3.60. The lowest BCUT2D eigenvalue weighted by atomic mass is 9.91. The fourth-order valence-electron chi connectivity index (χ4n) is 2.68. The van der Waals surface area contributed by atoms with Crippen molar-refractivity contribution >= 4 is 17.5 Å². The summed E-state index contributed by atoms with van der Waals surface area (Å²) in [5.74, 6) is -1.33. The van der Waals surface area contributed by atoms with Crippen LogP contribution in [0.3, 0.4) is 0 Å². The molecule has 21 heavy (non-hydrogen) atoms. The number of rotatable bonds is 4. The standard InChI is InChI=1S/C12H16N4O5/c1-7-4-3-5-15(8(7)12(17)18)10-9(16(19)20)11(21-2)14-6-13-10/h6-8H,3-5H2,1-2H3,(H,17,18). The second kappa shape index (κ2) is 5.90. The summed E-state index contributed by atoms with van der Waals surface area (Å²) in [5, 5.41) is 20.7. The summed E-state index contributed by atoms with van der Waals surface area (Å²) in [5.41, 5.74) is -0.402. The largest absolute Gasteiger partial charge is 0.480 e. The minimum absolute atomic E-state index is 0.00852. The summed E-state index contributed by atoms with van der Waals surface area (Å²) in [6.07, 6.45) is 2.64. The third kappa shape index (κ3) is 2.71. The first-order valence-electron chi connectivity index (χ1n) is 6.50. The number of nitro groups is 1. The van der Waals surface area contributed by atoms with E-state index in [9.17, 15) is 20.0 Å². The highest BCUT2D eigenvalue weighted by Gasteiger charge is 2.39. The maximum absolute atomic E-state index is 11.5. The first-order chi connectivity index (χ1) is 9.97. The van der Waals surface area contributed by atoms with Crippen LogP contribution in [0.4, 0.5) is 11.5 Å². The number of piperidine rings is 1. The summed E-state index contributed by atoms with van der Waals surface area (Å²) >= 11 is 0. The van der Waals surface area contributed by atoms with Gasteiger partial charge in [-0.1, -0.05) is 6.92 Å². The summed E-state index contributed by atoms with van der Waals surface area (Å²) in [6, 6.07) is -0.850. The predicted octanol–water partition coefficient (Wildman–Crippen LogP) is 1.08. The smallest absolute Gasteiger partial charge is 0.372 e. The minimum Gasteiger partial charge on any atom is -0.480 e. The summed E-state index contributed by atoms with van der Waals surface area (Å²) in [7, 11) is 1.27. The van der Waals surface area contributed by atoms with Crippen LogP contribution in [-0.4, -0.2) is 45.7 Å². The Balaban J connectivity index is 2.53. The molecular formula is C12H16N4O5. The third-order valence-electron chi connectivity index (χ3n) is 3.60. The molecule has 1 fully saturated rings. The molecule has 1 aromatic heterocycles. The van der Waals surface area contributed by atoms with Crippen LogP contribution in [0, 0.1) is 16.0 Å². The van der Waals surface area contributed by atoms with Crippen molar-refractivity contribution in [2.75, 3.05) is 18.6 Å². The van der Waals surface area contributed by atoms with Gasteiger partial charge < -0.3 is 14.7 Å². The number of aliphatic carboxylic acids is 1. The lowest BCUT2D eigenvalue weighted by Crippen LogP contribution is -2.50. The topological polar surface area (TPSA) is 119 Å². The van der Waals surface area contributed by atoms with Crippen molar-refractivity contribution in [1.29, 1.82) is 0 Å². The number of ether oxygens (including phenoxy) is 1. The Bertz CT molecular complexity index is 565. The molecule has 2 unspecified atom stereocenters. The Morgan fingerprint density at radius 3 is 2.86 bits per heavy atom. The van der Waals surface area contributed by atoms with Gasteiger partial charge in [-0.25, -0.2) is 9.78 Å². The first kappa shape index (κ1) is 14.9. The number of hydrogen-bond acceptors (Lipinski definition) is 7. The Morgan fingerprint density at radius 2 is 2.29 bits per heavy atom. The molecule has 1 N–H and O–H groups in total. The van der Waals surface area contributed by atoms with Gasteiger partial charge in [0.1, 0.15) is 12.4 Å². The minimum atomic E-state index is -1.02. The van der Waals surface area contributed by atoms with Crippen molar-refractivity contribution in [2.45, 2.75) is 25.8 Å². The molecular weight excluding hydrogens is 280 g/mol. The number of aromatic nitrogens is 2. The molecule has 2 atom stereocenters. The SMILES string of the molecule is COc1ncnc(N2CCCC(C)C2C(=O)O)c1[N+](=O)[O-]. The number of hydrogen-bond donors (Lipinski definition) is 1. The van der Waals surface area contributed by atoms with Gasteiger partial charge in [0.05, 0.1) is 12.0 Å². The van der Waals surface area contributed by atoms with Crippen LogP contribution in [-0.2, 0) is 4.79 Å². The molecule has 2 rings (SSSR count). The molecule has 1 aliphatic rings. The van der Waals surface area contributed by atoms with Crippen molar-refractivity contribution in [3.63, 3.8) is 0 Å². The molecule has 1 aliphatic heterocycles. The van der Waals surface area contributed by atoms with Gasteiger partial charge in [0.25, 0.3) is 5.88 Å². The normalized spacial score (nSPS) is 21.9. The van der Waals surface area contributed by atoms with Gasteiger partial charge in [0.2, 0.25) is 5.82 Å². The van der Waals surface area contributed by atoms with E-state index in [4.69, 9.17) is 4.74 Å². The monoisotopic (exact) mass is 296 g/mol.